The standard InChI is InChI=1S/C17H18N2O5/c1-4-23-17(22)12-10(3)24-16(13(12)14(18)20)19-15(21)11-7-5-9(2)6-8-11/h5-8H,4H2,1-3H3,(H2,18,20)(H,19,21). The van der Waals surface area contributed by atoms with Crippen LogP contribution < -0.4 is 11.1 Å². The number of nitrogens with two attached hydrogens (primary N) is 1. The van der Waals surface area contributed by atoms with Crippen LogP contribution in [0.25, 0.3) is 0 Å². The average molecular weight is 330 g/mol. The fraction of sp³-hybridized carbons (Fsp3) is 0.235. The molecule has 1 aromatic heterocycles. The first kappa shape index (κ1) is 17.3. The fourth-order valence-electron chi connectivity index (χ4n) is 2.20. The van der Waals surface area contributed by atoms with Crippen molar-refractivity contribution in [2.24, 2.45) is 5.73 Å². The number of rotatable bonds is 5. The van der Waals surface area contributed by atoms with Gasteiger partial charge in [-0.1, -0.05) is 17.7 Å². The quantitative estimate of drug-likeness (QED) is 0.818. The second-order valence-corrected chi connectivity index (χ2v) is 5.14. The van der Waals surface area contributed by atoms with Crippen LogP contribution in [0.4, 0.5) is 5.88 Å². The number of benzene rings is 1. The van der Waals surface area contributed by atoms with Crippen LogP contribution in [0.1, 0.15) is 49.3 Å². The second-order valence-electron chi connectivity index (χ2n) is 5.14. The minimum absolute atomic E-state index is 0.0800. The number of anilines is 1. The van der Waals surface area contributed by atoms with Gasteiger partial charge in [0, 0.05) is 5.56 Å². The Labute approximate surface area is 138 Å². The van der Waals surface area contributed by atoms with Gasteiger partial charge in [0.05, 0.1) is 6.61 Å². The number of furan rings is 1. The molecule has 0 fully saturated rings. The predicted molar refractivity (Wildman–Crippen MR) is 87.1 cm³/mol. The zero-order valence-electron chi connectivity index (χ0n) is 13.6. The number of amides is 2. The van der Waals surface area contributed by atoms with Crippen molar-refractivity contribution in [3.05, 3.63) is 52.3 Å². The number of carbonyl (C=O) groups excluding carboxylic acids is 3. The summed E-state index contributed by atoms with van der Waals surface area (Å²) in [6, 6.07) is 6.83. The number of ether oxygens (including phenoxy) is 1. The smallest absolute Gasteiger partial charge is 0.342 e. The maximum atomic E-state index is 12.3. The largest absolute Gasteiger partial charge is 0.462 e. The van der Waals surface area contributed by atoms with E-state index in [-0.39, 0.29) is 29.4 Å². The molecule has 0 aliphatic heterocycles. The highest BCUT2D eigenvalue weighted by atomic mass is 16.5. The lowest BCUT2D eigenvalue weighted by Crippen LogP contribution is -2.20. The number of esters is 1. The second kappa shape index (κ2) is 6.99. The molecular formula is C17H18N2O5. The van der Waals surface area contributed by atoms with Crippen LogP contribution in [-0.4, -0.2) is 24.4 Å². The Kier molecular flexibility index (Phi) is 5.03. The molecule has 0 saturated heterocycles. The Hall–Kier alpha value is -3.09. The molecule has 1 aromatic carbocycles. The van der Waals surface area contributed by atoms with E-state index >= 15 is 0 Å². The van der Waals surface area contributed by atoms with Crippen molar-refractivity contribution < 1.29 is 23.5 Å². The highest BCUT2D eigenvalue weighted by molar-refractivity contribution is 6.12. The van der Waals surface area contributed by atoms with Crippen LogP contribution in [0.3, 0.4) is 0 Å². The number of carbonyl (C=O) groups is 3. The summed E-state index contributed by atoms with van der Waals surface area (Å²) in [4.78, 5) is 36.0. The first-order valence-electron chi connectivity index (χ1n) is 7.33. The maximum Gasteiger partial charge on any atom is 0.342 e. The molecule has 0 saturated carbocycles. The number of nitrogens with one attached hydrogen (secondary N) is 1. The zero-order chi connectivity index (χ0) is 17.9. The zero-order valence-corrected chi connectivity index (χ0v) is 13.6. The summed E-state index contributed by atoms with van der Waals surface area (Å²) < 4.78 is 10.3. The van der Waals surface area contributed by atoms with E-state index in [1.165, 1.54) is 6.92 Å². The lowest BCUT2D eigenvalue weighted by atomic mass is 10.1. The van der Waals surface area contributed by atoms with Crippen LogP contribution in [0.15, 0.2) is 28.7 Å². The average Bonchev–Trinajstić information content (AvgIpc) is 2.84. The van der Waals surface area contributed by atoms with Crippen LogP contribution in [0, 0.1) is 13.8 Å². The van der Waals surface area contributed by atoms with E-state index in [0.717, 1.165) is 5.56 Å². The molecule has 2 rings (SSSR count). The number of hydrogen-bond donors (Lipinski definition) is 2. The molecule has 2 amide bonds. The van der Waals surface area contributed by atoms with Gasteiger partial charge in [-0.25, -0.2) is 4.79 Å². The van der Waals surface area contributed by atoms with Crippen LogP contribution in [0.5, 0.6) is 0 Å². The maximum absolute atomic E-state index is 12.3. The Morgan fingerprint density at radius 2 is 1.75 bits per heavy atom. The summed E-state index contributed by atoms with van der Waals surface area (Å²) >= 11 is 0. The van der Waals surface area contributed by atoms with Crippen molar-refractivity contribution in [3.63, 3.8) is 0 Å². The molecule has 0 aliphatic carbocycles. The minimum Gasteiger partial charge on any atom is -0.462 e. The van der Waals surface area contributed by atoms with E-state index in [1.54, 1.807) is 31.2 Å². The highest BCUT2D eigenvalue weighted by Gasteiger charge is 2.29. The Morgan fingerprint density at radius 3 is 2.29 bits per heavy atom. The fourth-order valence-corrected chi connectivity index (χ4v) is 2.20. The van der Waals surface area contributed by atoms with Crippen molar-refractivity contribution in [1.29, 1.82) is 0 Å². The topological polar surface area (TPSA) is 112 Å². The third-order valence-electron chi connectivity index (χ3n) is 3.35. The highest BCUT2D eigenvalue weighted by Crippen LogP contribution is 2.28. The first-order valence-corrected chi connectivity index (χ1v) is 7.33. The van der Waals surface area contributed by atoms with Gasteiger partial charge in [-0.05, 0) is 32.9 Å². The number of aryl methyl sites for hydroxylation is 2. The van der Waals surface area contributed by atoms with Crippen LogP contribution in [0.2, 0.25) is 0 Å². The predicted octanol–water partition coefficient (Wildman–Crippen LogP) is 2.42. The molecule has 0 spiro atoms. The summed E-state index contributed by atoms with van der Waals surface area (Å²) in [6.07, 6.45) is 0. The number of hydrogen-bond acceptors (Lipinski definition) is 5. The van der Waals surface area contributed by atoms with Crippen molar-refractivity contribution in [2.45, 2.75) is 20.8 Å². The van der Waals surface area contributed by atoms with E-state index in [9.17, 15) is 14.4 Å². The van der Waals surface area contributed by atoms with Gasteiger partial charge >= 0.3 is 5.97 Å². The molecule has 1 heterocycles. The van der Waals surface area contributed by atoms with E-state index in [2.05, 4.69) is 5.32 Å². The summed E-state index contributed by atoms with van der Waals surface area (Å²) in [5.41, 5.74) is 6.44. The normalized spacial score (nSPS) is 10.3. The van der Waals surface area contributed by atoms with Gasteiger partial charge in [0.15, 0.2) is 0 Å². The van der Waals surface area contributed by atoms with Gasteiger partial charge < -0.3 is 14.9 Å². The first-order chi connectivity index (χ1) is 11.3. The van der Waals surface area contributed by atoms with Crippen molar-refractivity contribution in [1.82, 2.24) is 0 Å². The van der Waals surface area contributed by atoms with E-state index < -0.39 is 17.8 Å². The molecule has 7 nitrogen and oxygen atoms in total. The van der Waals surface area contributed by atoms with Crippen LogP contribution >= 0.6 is 0 Å². The van der Waals surface area contributed by atoms with Gasteiger partial charge in [0.1, 0.15) is 16.9 Å². The van der Waals surface area contributed by atoms with Crippen molar-refractivity contribution in [2.75, 3.05) is 11.9 Å². The van der Waals surface area contributed by atoms with E-state index in [1.807, 2.05) is 6.92 Å². The monoisotopic (exact) mass is 330 g/mol. The van der Waals surface area contributed by atoms with Gasteiger partial charge in [-0.2, -0.15) is 0 Å². The molecule has 0 radical (unpaired) electrons. The summed E-state index contributed by atoms with van der Waals surface area (Å²) in [5, 5.41) is 2.47. The Balaban J connectivity index is 2.38. The summed E-state index contributed by atoms with van der Waals surface area (Å²) in [5.74, 6) is -2.14. The molecule has 0 bridgehead atoms. The SMILES string of the molecule is CCOC(=O)c1c(C)oc(NC(=O)c2ccc(C)cc2)c1C(N)=O. The van der Waals surface area contributed by atoms with Crippen LogP contribution in [-0.2, 0) is 4.74 Å². The van der Waals surface area contributed by atoms with Crippen molar-refractivity contribution >= 4 is 23.7 Å². The lowest BCUT2D eigenvalue weighted by Gasteiger charge is -2.05. The van der Waals surface area contributed by atoms with E-state index in [4.69, 9.17) is 14.9 Å². The Bertz CT molecular complexity index is 790. The third kappa shape index (κ3) is 3.45. The van der Waals surface area contributed by atoms with Gasteiger partial charge in [-0.15, -0.1) is 0 Å². The molecule has 2 aromatic rings. The molecule has 3 N–H and O–H groups in total. The molecule has 0 aliphatic rings. The third-order valence-corrected chi connectivity index (χ3v) is 3.35. The lowest BCUT2D eigenvalue weighted by molar-refractivity contribution is 0.0521. The summed E-state index contributed by atoms with van der Waals surface area (Å²) in [7, 11) is 0. The Morgan fingerprint density at radius 1 is 1.12 bits per heavy atom. The van der Waals surface area contributed by atoms with Gasteiger partial charge in [0.25, 0.3) is 11.8 Å². The molecule has 0 unspecified atom stereocenters. The molecule has 126 valence electrons. The molecule has 7 heteroatoms. The molecule has 0 atom stereocenters. The molecular weight excluding hydrogens is 312 g/mol. The summed E-state index contributed by atoms with van der Waals surface area (Å²) in [6.45, 7) is 5.15. The molecule has 24 heavy (non-hydrogen) atoms. The van der Waals surface area contributed by atoms with E-state index in [0.29, 0.717) is 5.56 Å². The van der Waals surface area contributed by atoms with Gasteiger partial charge in [-0.3, -0.25) is 14.9 Å². The minimum atomic E-state index is -0.894. The van der Waals surface area contributed by atoms with Gasteiger partial charge in [0.2, 0.25) is 5.88 Å². The number of primary amides is 1. The van der Waals surface area contributed by atoms with Crippen molar-refractivity contribution in [3.8, 4) is 0 Å².